The number of carbonyl (C=O) groups is 1. The van der Waals surface area contributed by atoms with Gasteiger partial charge in [-0.15, -0.1) is 0 Å². The second kappa shape index (κ2) is 8.63. The van der Waals surface area contributed by atoms with Gasteiger partial charge in [0.2, 0.25) is 5.91 Å². The molecule has 1 fully saturated rings. The Morgan fingerprint density at radius 3 is 2.67 bits per heavy atom. The standard InChI is InChI=1S/C22H26N2O3/c25-22(13-16-11-17-5-1-2-6-18(17)12-16)24-20-8-10-26-15-21(20)27-14-19-7-3-4-9-23-19/h1-7,9,16,20-21H,8,10-15H2,(H,24,25)/t20-,21-/m1/s1. The minimum absolute atomic E-state index is 0.00117. The molecule has 27 heavy (non-hydrogen) atoms. The summed E-state index contributed by atoms with van der Waals surface area (Å²) in [5.41, 5.74) is 3.66. The van der Waals surface area contributed by atoms with Crippen molar-refractivity contribution in [3.63, 3.8) is 0 Å². The van der Waals surface area contributed by atoms with E-state index in [-0.39, 0.29) is 18.1 Å². The Labute approximate surface area is 160 Å². The summed E-state index contributed by atoms with van der Waals surface area (Å²) in [7, 11) is 0. The van der Waals surface area contributed by atoms with Crippen LogP contribution in [-0.4, -0.2) is 36.3 Å². The smallest absolute Gasteiger partial charge is 0.220 e. The van der Waals surface area contributed by atoms with Crippen LogP contribution in [0.25, 0.3) is 0 Å². The number of nitrogens with zero attached hydrogens (tertiary/aromatic N) is 1. The molecule has 1 amide bonds. The van der Waals surface area contributed by atoms with Crippen LogP contribution in [-0.2, 0) is 33.7 Å². The highest BCUT2D eigenvalue weighted by molar-refractivity contribution is 5.76. The lowest BCUT2D eigenvalue weighted by Crippen LogP contribution is -2.50. The molecule has 2 atom stereocenters. The summed E-state index contributed by atoms with van der Waals surface area (Å²) in [4.78, 5) is 16.9. The van der Waals surface area contributed by atoms with Crippen LogP contribution >= 0.6 is 0 Å². The van der Waals surface area contributed by atoms with Crippen LogP contribution < -0.4 is 5.32 Å². The van der Waals surface area contributed by atoms with E-state index in [9.17, 15) is 4.79 Å². The number of fused-ring (bicyclic) bond motifs is 1. The quantitative estimate of drug-likeness (QED) is 0.854. The molecule has 2 aliphatic rings. The van der Waals surface area contributed by atoms with Crippen LogP contribution in [0.5, 0.6) is 0 Å². The van der Waals surface area contributed by atoms with E-state index in [4.69, 9.17) is 9.47 Å². The minimum atomic E-state index is -0.134. The van der Waals surface area contributed by atoms with Gasteiger partial charge in [0, 0.05) is 19.2 Å². The Kier molecular flexibility index (Phi) is 5.80. The molecule has 0 unspecified atom stereocenters. The maximum absolute atomic E-state index is 12.6. The number of amides is 1. The zero-order valence-corrected chi connectivity index (χ0v) is 15.5. The van der Waals surface area contributed by atoms with Gasteiger partial charge in [-0.25, -0.2) is 0 Å². The zero-order chi connectivity index (χ0) is 18.5. The molecule has 1 aliphatic carbocycles. The molecule has 1 aromatic heterocycles. The molecule has 5 heteroatoms. The second-order valence-corrected chi connectivity index (χ2v) is 7.46. The van der Waals surface area contributed by atoms with Gasteiger partial charge in [0.15, 0.2) is 0 Å². The van der Waals surface area contributed by atoms with Crippen molar-refractivity contribution in [2.75, 3.05) is 13.2 Å². The summed E-state index contributed by atoms with van der Waals surface area (Å²) in [5.74, 6) is 0.515. The van der Waals surface area contributed by atoms with Crippen molar-refractivity contribution in [2.24, 2.45) is 5.92 Å². The van der Waals surface area contributed by atoms with E-state index in [2.05, 4.69) is 34.6 Å². The molecule has 0 bridgehead atoms. The molecule has 5 nitrogen and oxygen atoms in total. The first-order chi connectivity index (χ1) is 13.3. The number of aromatic nitrogens is 1. The average Bonchev–Trinajstić information content (AvgIpc) is 3.10. The van der Waals surface area contributed by atoms with Crippen LogP contribution in [0.4, 0.5) is 0 Å². The number of ether oxygens (including phenoxy) is 2. The van der Waals surface area contributed by atoms with Crippen LogP contribution in [0.2, 0.25) is 0 Å². The molecule has 2 heterocycles. The van der Waals surface area contributed by atoms with Crippen LogP contribution in [0.15, 0.2) is 48.7 Å². The predicted octanol–water partition coefficient (Wildman–Crippen LogP) is 2.68. The average molecular weight is 366 g/mol. The van der Waals surface area contributed by atoms with Gasteiger partial charge >= 0.3 is 0 Å². The Bertz CT molecular complexity index is 740. The van der Waals surface area contributed by atoms with Crippen molar-refractivity contribution in [1.82, 2.24) is 10.3 Å². The first-order valence-electron chi connectivity index (χ1n) is 9.73. The first-order valence-corrected chi connectivity index (χ1v) is 9.73. The fourth-order valence-corrected chi connectivity index (χ4v) is 4.04. The Hall–Kier alpha value is -2.24. The largest absolute Gasteiger partial charge is 0.379 e. The van der Waals surface area contributed by atoms with Crippen LogP contribution in [0.1, 0.15) is 29.7 Å². The third-order valence-electron chi connectivity index (χ3n) is 5.43. The molecule has 1 aromatic carbocycles. The van der Waals surface area contributed by atoms with E-state index < -0.39 is 0 Å². The van der Waals surface area contributed by atoms with Crippen molar-refractivity contribution in [1.29, 1.82) is 0 Å². The molecule has 1 aliphatic heterocycles. The van der Waals surface area contributed by atoms with Crippen LogP contribution in [0.3, 0.4) is 0 Å². The monoisotopic (exact) mass is 366 g/mol. The number of rotatable bonds is 6. The number of pyridine rings is 1. The lowest BCUT2D eigenvalue weighted by atomic mass is 10.0. The topological polar surface area (TPSA) is 60.5 Å². The summed E-state index contributed by atoms with van der Waals surface area (Å²) in [5, 5.41) is 3.19. The summed E-state index contributed by atoms with van der Waals surface area (Å²) >= 11 is 0. The summed E-state index contributed by atoms with van der Waals surface area (Å²) < 4.78 is 11.6. The van der Waals surface area contributed by atoms with Gasteiger partial charge in [0.1, 0.15) is 6.10 Å². The van der Waals surface area contributed by atoms with Gasteiger partial charge in [-0.05, 0) is 48.4 Å². The van der Waals surface area contributed by atoms with Gasteiger partial charge in [-0.3, -0.25) is 9.78 Å². The van der Waals surface area contributed by atoms with Crippen molar-refractivity contribution in [2.45, 2.75) is 44.4 Å². The molecule has 4 rings (SSSR count). The van der Waals surface area contributed by atoms with E-state index in [1.54, 1.807) is 6.20 Å². The molecular weight excluding hydrogens is 340 g/mol. The maximum atomic E-state index is 12.6. The van der Waals surface area contributed by atoms with Gasteiger partial charge in [-0.2, -0.15) is 0 Å². The van der Waals surface area contributed by atoms with Crippen molar-refractivity contribution < 1.29 is 14.3 Å². The molecule has 1 N–H and O–H groups in total. The summed E-state index contributed by atoms with van der Waals surface area (Å²) in [6.45, 7) is 1.59. The highest BCUT2D eigenvalue weighted by Gasteiger charge is 2.30. The second-order valence-electron chi connectivity index (χ2n) is 7.46. The highest BCUT2D eigenvalue weighted by Crippen LogP contribution is 2.28. The predicted molar refractivity (Wildman–Crippen MR) is 102 cm³/mol. The number of carbonyl (C=O) groups excluding carboxylic acids is 1. The molecular formula is C22H26N2O3. The normalized spacial score (nSPS) is 22.4. The lowest BCUT2D eigenvalue weighted by Gasteiger charge is -2.32. The molecule has 142 valence electrons. The number of nitrogens with one attached hydrogen (secondary N) is 1. The SMILES string of the molecule is O=C(CC1Cc2ccccc2C1)N[C@@H]1CCOC[C@H]1OCc1ccccn1. The van der Waals surface area contributed by atoms with Gasteiger partial charge in [0.05, 0.1) is 24.9 Å². The first kappa shape index (κ1) is 18.1. The minimum Gasteiger partial charge on any atom is -0.379 e. The molecule has 1 saturated heterocycles. The maximum Gasteiger partial charge on any atom is 0.220 e. The molecule has 0 radical (unpaired) electrons. The van der Waals surface area contributed by atoms with E-state index in [1.807, 2.05) is 18.2 Å². The van der Waals surface area contributed by atoms with Crippen molar-refractivity contribution in [3.05, 3.63) is 65.5 Å². The fourth-order valence-electron chi connectivity index (χ4n) is 4.04. The van der Waals surface area contributed by atoms with Gasteiger partial charge in [-0.1, -0.05) is 30.3 Å². The zero-order valence-electron chi connectivity index (χ0n) is 15.5. The Morgan fingerprint density at radius 1 is 1.15 bits per heavy atom. The van der Waals surface area contributed by atoms with E-state index in [1.165, 1.54) is 11.1 Å². The highest BCUT2D eigenvalue weighted by atomic mass is 16.5. The van der Waals surface area contributed by atoms with Crippen LogP contribution in [0, 0.1) is 5.92 Å². The number of hydrogen-bond acceptors (Lipinski definition) is 4. The molecule has 0 saturated carbocycles. The number of hydrogen-bond donors (Lipinski definition) is 1. The van der Waals surface area contributed by atoms with Crippen molar-refractivity contribution in [3.8, 4) is 0 Å². The molecule has 2 aromatic rings. The van der Waals surface area contributed by atoms with E-state index in [0.29, 0.717) is 32.2 Å². The van der Waals surface area contributed by atoms with Crippen molar-refractivity contribution >= 4 is 5.91 Å². The third-order valence-corrected chi connectivity index (χ3v) is 5.43. The Morgan fingerprint density at radius 2 is 1.93 bits per heavy atom. The van der Waals surface area contributed by atoms with E-state index in [0.717, 1.165) is 25.0 Å². The van der Waals surface area contributed by atoms with Gasteiger partial charge < -0.3 is 14.8 Å². The number of benzene rings is 1. The Balaban J connectivity index is 1.28. The van der Waals surface area contributed by atoms with E-state index >= 15 is 0 Å². The fraction of sp³-hybridized carbons (Fsp3) is 0.455. The third kappa shape index (κ3) is 4.73. The lowest BCUT2D eigenvalue weighted by molar-refractivity contribution is -0.127. The summed E-state index contributed by atoms with van der Waals surface area (Å²) in [6.07, 6.45) is 4.97. The summed E-state index contributed by atoms with van der Waals surface area (Å²) in [6, 6.07) is 14.3. The van der Waals surface area contributed by atoms with Gasteiger partial charge in [0.25, 0.3) is 0 Å². The molecule has 0 spiro atoms.